The average Bonchev–Trinajstić information content (AvgIpc) is 3.42. The molecule has 0 spiro atoms. The van der Waals surface area contributed by atoms with Crippen LogP contribution >= 0.6 is 23.1 Å². The lowest BCUT2D eigenvalue weighted by Gasteiger charge is -2.12. The van der Waals surface area contributed by atoms with Gasteiger partial charge >= 0.3 is 0 Å². The topological polar surface area (TPSA) is 86.4 Å². The second-order valence-corrected chi connectivity index (χ2v) is 10.7. The summed E-state index contributed by atoms with van der Waals surface area (Å²) in [6.45, 7) is 0. The summed E-state index contributed by atoms with van der Waals surface area (Å²) in [6, 6.07) is 11.4. The van der Waals surface area contributed by atoms with E-state index in [0.717, 1.165) is 52.3 Å². The summed E-state index contributed by atoms with van der Waals surface area (Å²) in [4.78, 5) is 32.7. The first kappa shape index (κ1) is 22.2. The zero-order valence-electron chi connectivity index (χ0n) is 19.3. The van der Waals surface area contributed by atoms with Gasteiger partial charge in [0, 0.05) is 28.8 Å². The first-order valence-corrected chi connectivity index (χ1v) is 13.3. The Hall–Kier alpha value is -3.30. The number of thiophene rings is 1. The van der Waals surface area contributed by atoms with E-state index < -0.39 is 0 Å². The second kappa shape index (κ2) is 8.73. The van der Waals surface area contributed by atoms with Gasteiger partial charge in [0.05, 0.1) is 23.9 Å². The molecule has 0 radical (unpaired) electrons. The normalized spacial score (nSPS) is 13.4. The van der Waals surface area contributed by atoms with Crippen LogP contribution in [0.2, 0.25) is 0 Å². The Morgan fingerprint density at radius 1 is 1.20 bits per heavy atom. The smallest absolute Gasteiger partial charge is 0.262 e. The van der Waals surface area contributed by atoms with Crippen molar-refractivity contribution in [3.05, 3.63) is 57.2 Å². The molecule has 1 aliphatic carbocycles. The fraction of sp³-hybridized carbons (Fsp3) is 0.269. The van der Waals surface area contributed by atoms with Gasteiger partial charge in [0.1, 0.15) is 21.7 Å². The molecule has 0 bridgehead atoms. The summed E-state index contributed by atoms with van der Waals surface area (Å²) >= 11 is 2.87. The molecule has 1 aliphatic rings. The van der Waals surface area contributed by atoms with Crippen LogP contribution < -0.4 is 15.6 Å². The van der Waals surface area contributed by atoms with Gasteiger partial charge in [-0.3, -0.25) is 14.2 Å². The third-order valence-corrected chi connectivity index (χ3v) is 8.68. The van der Waals surface area contributed by atoms with Gasteiger partial charge in [0.25, 0.3) is 5.56 Å². The van der Waals surface area contributed by atoms with Gasteiger partial charge in [-0.1, -0.05) is 30.0 Å². The van der Waals surface area contributed by atoms with Gasteiger partial charge in [-0.05, 0) is 43.4 Å². The van der Waals surface area contributed by atoms with E-state index in [9.17, 15) is 9.59 Å². The van der Waals surface area contributed by atoms with E-state index in [0.29, 0.717) is 22.2 Å². The lowest BCUT2D eigenvalue weighted by atomic mass is 9.97. The molecule has 5 aromatic rings. The molecule has 0 aliphatic heterocycles. The van der Waals surface area contributed by atoms with E-state index in [2.05, 4.69) is 5.32 Å². The first-order chi connectivity index (χ1) is 17.0. The van der Waals surface area contributed by atoms with E-state index in [1.54, 1.807) is 36.1 Å². The number of carbonyl (C=O) groups excluding carboxylic acids is 1. The first-order valence-electron chi connectivity index (χ1n) is 11.5. The molecule has 0 saturated heterocycles. The number of thioether (sulfide) groups is 1. The number of benzene rings is 2. The van der Waals surface area contributed by atoms with Crippen LogP contribution in [0.4, 0.5) is 5.69 Å². The summed E-state index contributed by atoms with van der Waals surface area (Å²) < 4.78 is 13.0. The van der Waals surface area contributed by atoms with Gasteiger partial charge < -0.3 is 14.5 Å². The zero-order chi connectivity index (χ0) is 24.1. The van der Waals surface area contributed by atoms with E-state index in [1.165, 1.54) is 22.2 Å². The lowest BCUT2D eigenvalue weighted by molar-refractivity contribution is -0.113. The third-order valence-electron chi connectivity index (χ3n) is 6.46. The minimum Gasteiger partial charge on any atom is -0.495 e. The van der Waals surface area contributed by atoms with Crippen molar-refractivity contribution in [3.8, 4) is 5.75 Å². The Balaban J connectivity index is 1.25. The predicted octanol–water partition coefficient (Wildman–Crippen LogP) is 5.51. The van der Waals surface area contributed by atoms with Crippen LogP contribution in [0.25, 0.3) is 32.2 Å². The van der Waals surface area contributed by atoms with Gasteiger partial charge in [-0.2, -0.15) is 0 Å². The SMILES string of the molecule is COc1cc2c(cc1NC(=O)CSc1nc3sc4c(c3c(=O)n1C)CCCC4)oc1ccccc12. The third kappa shape index (κ3) is 3.79. The minimum atomic E-state index is -0.219. The van der Waals surface area contributed by atoms with E-state index >= 15 is 0 Å². The Morgan fingerprint density at radius 3 is 2.89 bits per heavy atom. The lowest BCUT2D eigenvalue weighted by Crippen LogP contribution is -2.22. The van der Waals surface area contributed by atoms with Gasteiger partial charge in [0.2, 0.25) is 5.91 Å². The van der Waals surface area contributed by atoms with Crippen molar-refractivity contribution >= 4 is 66.8 Å². The van der Waals surface area contributed by atoms with Crippen molar-refractivity contribution in [3.63, 3.8) is 0 Å². The van der Waals surface area contributed by atoms with Crippen LogP contribution in [0, 0.1) is 0 Å². The number of aromatic nitrogens is 2. The highest BCUT2D eigenvalue weighted by molar-refractivity contribution is 7.99. The summed E-state index contributed by atoms with van der Waals surface area (Å²) in [5.41, 5.74) is 3.13. The van der Waals surface area contributed by atoms with E-state index in [4.69, 9.17) is 14.1 Å². The molecule has 9 heteroatoms. The maximum Gasteiger partial charge on any atom is 0.262 e. The number of fused-ring (bicyclic) bond motifs is 6. The predicted molar refractivity (Wildman–Crippen MR) is 141 cm³/mol. The molecule has 6 rings (SSSR count). The molecule has 3 aromatic heterocycles. The summed E-state index contributed by atoms with van der Waals surface area (Å²) in [6.07, 6.45) is 4.23. The molecule has 2 aromatic carbocycles. The molecule has 0 atom stereocenters. The number of nitrogens with zero attached hydrogens (tertiary/aromatic N) is 2. The van der Waals surface area contributed by atoms with Crippen LogP contribution in [0.15, 0.2) is 50.8 Å². The molecular weight excluding hydrogens is 482 g/mol. The van der Waals surface area contributed by atoms with Crippen molar-refractivity contribution in [2.45, 2.75) is 30.8 Å². The number of hydrogen-bond donors (Lipinski definition) is 1. The van der Waals surface area contributed by atoms with Gasteiger partial charge in [0.15, 0.2) is 5.16 Å². The van der Waals surface area contributed by atoms with Crippen LogP contribution in [0.3, 0.4) is 0 Å². The fourth-order valence-electron chi connectivity index (χ4n) is 4.73. The maximum absolute atomic E-state index is 13.1. The van der Waals surface area contributed by atoms with E-state index in [-0.39, 0.29) is 17.2 Å². The number of carbonyl (C=O) groups is 1. The van der Waals surface area contributed by atoms with Gasteiger partial charge in [-0.15, -0.1) is 11.3 Å². The Bertz CT molecular complexity index is 1680. The van der Waals surface area contributed by atoms with Crippen molar-refractivity contribution in [1.82, 2.24) is 9.55 Å². The molecule has 1 amide bonds. The van der Waals surface area contributed by atoms with Crippen LogP contribution in [-0.4, -0.2) is 28.3 Å². The molecule has 178 valence electrons. The van der Waals surface area contributed by atoms with Crippen molar-refractivity contribution in [1.29, 1.82) is 0 Å². The number of furan rings is 1. The number of para-hydroxylation sites is 1. The molecule has 7 nitrogen and oxygen atoms in total. The quantitative estimate of drug-likeness (QED) is 0.250. The minimum absolute atomic E-state index is 0.0330. The number of ether oxygens (including phenoxy) is 1. The monoisotopic (exact) mass is 505 g/mol. The van der Waals surface area contributed by atoms with Crippen molar-refractivity contribution in [2.75, 3.05) is 18.2 Å². The Labute approximate surface area is 209 Å². The van der Waals surface area contributed by atoms with Gasteiger partial charge in [-0.25, -0.2) is 4.98 Å². The van der Waals surface area contributed by atoms with Crippen LogP contribution in [0.5, 0.6) is 5.75 Å². The molecule has 1 N–H and O–H groups in total. The van der Waals surface area contributed by atoms with E-state index in [1.807, 2.05) is 30.3 Å². The highest BCUT2D eigenvalue weighted by atomic mass is 32.2. The molecule has 0 saturated carbocycles. The van der Waals surface area contributed by atoms with Crippen molar-refractivity contribution in [2.24, 2.45) is 7.05 Å². The molecule has 3 heterocycles. The van der Waals surface area contributed by atoms with Crippen molar-refractivity contribution < 1.29 is 13.9 Å². The average molecular weight is 506 g/mol. The number of methoxy groups -OCH3 is 1. The number of hydrogen-bond acceptors (Lipinski definition) is 7. The molecular formula is C26H23N3O4S2. The fourth-order valence-corrected chi connectivity index (χ4v) is 6.81. The second-order valence-electron chi connectivity index (χ2n) is 8.63. The summed E-state index contributed by atoms with van der Waals surface area (Å²) in [5, 5.41) is 6.13. The summed E-state index contributed by atoms with van der Waals surface area (Å²) in [5.74, 6) is 0.445. The molecule has 0 unspecified atom stereocenters. The Morgan fingerprint density at radius 2 is 2.03 bits per heavy atom. The highest BCUT2D eigenvalue weighted by Gasteiger charge is 2.22. The Kier molecular flexibility index (Phi) is 5.53. The maximum atomic E-state index is 13.1. The van der Waals surface area contributed by atoms with Crippen LogP contribution in [-0.2, 0) is 24.7 Å². The molecule has 35 heavy (non-hydrogen) atoms. The molecule has 0 fully saturated rings. The largest absolute Gasteiger partial charge is 0.495 e. The standard InChI is InChI=1S/C26H23N3O4S2/c1-29-25(31)23-15-8-4-6-10-21(15)35-24(23)28-26(29)34-13-22(30)27-17-12-19-16(11-20(17)32-2)14-7-3-5-9-18(14)33-19/h3,5,7,9,11-12H,4,6,8,10,13H2,1-2H3,(H,27,30). The van der Waals surface area contributed by atoms with Crippen LogP contribution in [0.1, 0.15) is 23.3 Å². The number of amides is 1. The zero-order valence-corrected chi connectivity index (χ0v) is 21.0. The number of anilines is 1. The highest BCUT2D eigenvalue weighted by Crippen LogP contribution is 2.37. The number of rotatable bonds is 5. The number of aryl methyl sites for hydroxylation is 2. The summed E-state index contributed by atoms with van der Waals surface area (Å²) in [7, 11) is 3.30. The number of nitrogens with one attached hydrogen (secondary N) is 1.